The van der Waals surface area contributed by atoms with Crippen LogP contribution in [-0.2, 0) is 9.53 Å². The maximum absolute atomic E-state index is 11.5. The van der Waals surface area contributed by atoms with E-state index in [1.54, 1.807) is 6.26 Å². The average Bonchev–Trinajstić information content (AvgIpc) is 2.98. The summed E-state index contributed by atoms with van der Waals surface area (Å²) in [4.78, 5) is 15.7. The van der Waals surface area contributed by atoms with E-state index in [2.05, 4.69) is 4.98 Å². The van der Waals surface area contributed by atoms with Crippen LogP contribution in [0.1, 0.15) is 18.5 Å². The minimum Gasteiger partial charge on any atom is -0.468 e. The van der Waals surface area contributed by atoms with Crippen LogP contribution in [0.3, 0.4) is 0 Å². The number of oxazole rings is 1. The Labute approximate surface area is 92.4 Å². The highest BCUT2D eigenvalue weighted by atomic mass is 32.2. The first-order valence-electron chi connectivity index (χ1n) is 4.87. The van der Waals surface area contributed by atoms with Crippen molar-refractivity contribution in [2.75, 3.05) is 7.11 Å². The van der Waals surface area contributed by atoms with Crippen molar-refractivity contribution < 1.29 is 13.9 Å². The van der Waals surface area contributed by atoms with E-state index in [1.807, 2.05) is 6.92 Å². The number of carbonyl (C=O) groups excluding carboxylic acids is 1. The second-order valence-corrected chi connectivity index (χ2v) is 4.75. The van der Waals surface area contributed by atoms with Crippen molar-refractivity contribution in [3.8, 4) is 0 Å². The van der Waals surface area contributed by atoms with Crippen LogP contribution in [0.2, 0.25) is 0 Å². The van der Waals surface area contributed by atoms with Gasteiger partial charge in [0.25, 0.3) is 5.22 Å². The summed E-state index contributed by atoms with van der Waals surface area (Å²) in [6, 6.07) is 0. The SMILES string of the molecule is COC(=O)C(Sc1nc(C)co1)C1CC1. The van der Waals surface area contributed by atoms with Crippen molar-refractivity contribution in [2.45, 2.75) is 30.2 Å². The summed E-state index contributed by atoms with van der Waals surface area (Å²) in [5.41, 5.74) is 0.830. The first-order chi connectivity index (χ1) is 7.20. The Kier molecular flexibility index (Phi) is 3.00. The second-order valence-electron chi connectivity index (χ2n) is 3.65. The predicted molar refractivity (Wildman–Crippen MR) is 55.6 cm³/mol. The van der Waals surface area contributed by atoms with Crippen molar-refractivity contribution in [1.29, 1.82) is 0 Å². The van der Waals surface area contributed by atoms with E-state index in [4.69, 9.17) is 9.15 Å². The van der Waals surface area contributed by atoms with Gasteiger partial charge in [0.1, 0.15) is 11.5 Å². The first-order valence-corrected chi connectivity index (χ1v) is 5.75. The lowest BCUT2D eigenvalue weighted by Crippen LogP contribution is -2.20. The van der Waals surface area contributed by atoms with Gasteiger partial charge in [-0.25, -0.2) is 4.98 Å². The van der Waals surface area contributed by atoms with Crippen molar-refractivity contribution >= 4 is 17.7 Å². The molecule has 0 aliphatic heterocycles. The van der Waals surface area contributed by atoms with Crippen LogP contribution in [0.4, 0.5) is 0 Å². The fourth-order valence-electron chi connectivity index (χ4n) is 1.35. The van der Waals surface area contributed by atoms with Crippen molar-refractivity contribution in [1.82, 2.24) is 4.98 Å². The summed E-state index contributed by atoms with van der Waals surface area (Å²) in [5, 5.41) is 0.392. The molecule has 0 amide bonds. The van der Waals surface area contributed by atoms with E-state index in [9.17, 15) is 4.79 Å². The van der Waals surface area contributed by atoms with Gasteiger partial charge in [-0.3, -0.25) is 4.79 Å². The smallest absolute Gasteiger partial charge is 0.319 e. The molecule has 4 nitrogen and oxygen atoms in total. The van der Waals surface area contributed by atoms with E-state index in [1.165, 1.54) is 18.9 Å². The molecule has 82 valence electrons. The van der Waals surface area contributed by atoms with Crippen LogP contribution < -0.4 is 0 Å². The third-order valence-corrected chi connectivity index (χ3v) is 3.53. The number of esters is 1. The summed E-state index contributed by atoms with van der Waals surface area (Å²) in [5.74, 6) is 0.244. The number of carbonyl (C=O) groups is 1. The van der Waals surface area contributed by atoms with Crippen LogP contribution in [0.25, 0.3) is 0 Å². The molecule has 5 heteroatoms. The molecule has 1 aromatic heterocycles. The number of hydrogen-bond acceptors (Lipinski definition) is 5. The van der Waals surface area contributed by atoms with E-state index >= 15 is 0 Å². The molecule has 1 heterocycles. The number of thioether (sulfide) groups is 1. The second kappa shape index (κ2) is 4.26. The molecule has 15 heavy (non-hydrogen) atoms. The molecule has 0 radical (unpaired) electrons. The normalized spacial score (nSPS) is 17.5. The monoisotopic (exact) mass is 227 g/mol. The highest BCUT2D eigenvalue weighted by Gasteiger charge is 2.38. The molecule has 1 aromatic rings. The Morgan fingerprint density at radius 2 is 2.47 bits per heavy atom. The highest BCUT2D eigenvalue weighted by Crippen LogP contribution is 2.41. The van der Waals surface area contributed by atoms with Crippen LogP contribution in [0.15, 0.2) is 15.9 Å². The van der Waals surface area contributed by atoms with E-state index in [0.29, 0.717) is 11.1 Å². The Bertz CT molecular complexity index is 359. The van der Waals surface area contributed by atoms with E-state index in [0.717, 1.165) is 18.5 Å². The average molecular weight is 227 g/mol. The molecule has 0 saturated heterocycles. The Hall–Kier alpha value is -0.970. The summed E-state index contributed by atoms with van der Waals surface area (Å²) < 4.78 is 9.97. The Balaban J connectivity index is 2.03. The zero-order valence-electron chi connectivity index (χ0n) is 8.73. The molecular weight excluding hydrogens is 214 g/mol. The molecule has 0 aromatic carbocycles. The van der Waals surface area contributed by atoms with Gasteiger partial charge >= 0.3 is 5.97 Å². The van der Waals surface area contributed by atoms with Gasteiger partial charge in [-0.2, -0.15) is 0 Å². The fraction of sp³-hybridized carbons (Fsp3) is 0.600. The zero-order chi connectivity index (χ0) is 10.8. The maximum Gasteiger partial charge on any atom is 0.319 e. The van der Waals surface area contributed by atoms with Gasteiger partial charge in [0, 0.05) is 0 Å². The molecule has 1 atom stereocenters. The van der Waals surface area contributed by atoms with Gasteiger partial charge in [-0.05, 0) is 25.7 Å². The lowest BCUT2D eigenvalue weighted by atomic mass is 10.3. The number of aromatic nitrogens is 1. The first kappa shape index (κ1) is 10.5. The fourth-order valence-corrected chi connectivity index (χ4v) is 2.52. The molecule has 0 bridgehead atoms. The van der Waals surface area contributed by atoms with Crippen LogP contribution in [0, 0.1) is 12.8 Å². The van der Waals surface area contributed by atoms with Gasteiger partial charge in [-0.1, -0.05) is 11.8 Å². The molecular formula is C10H13NO3S. The lowest BCUT2D eigenvalue weighted by Gasteiger charge is -2.10. The minimum atomic E-state index is -0.182. The minimum absolute atomic E-state index is 0.159. The van der Waals surface area contributed by atoms with Crippen LogP contribution in [0.5, 0.6) is 0 Å². The number of aryl methyl sites for hydroxylation is 1. The molecule has 1 aliphatic carbocycles. The van der Waals surface area contributed by atoms with Crippen LogP contribution in [-0.4, -0.2) is 23.3 Å². The van der Waals surface area contributed by atoms with Gasteiger partial charge in [0.15, 0.2) is 0 Å². The number of hydrogen-bond donors (Lipinski definition) is 0. The highest BCUT2D eigenvalue weighted by molar-refractivity contribution is 8.00. The maximum atomic E-state index is 11.5. The molecule has 1 aliphatic rings. The standard InChI is InChI=1S/C10H13NO3S/c1-6-5-14-10(11-6)15-8(7-3-4-7)9(12)13-2/h5,7-8H,3-4H2,1-2H3. The lowest BCUT2D eigenvalue weighted by molar-refractivity contribution is -0.140. The molecule has 1 unspecified atom stereocenters. The van der Waals surface area contributed by atoms with Crippen LogP contribution >= 0.6 is 11.8 Å². The van der Waals surface area contributed by atoms with E-state index in [-0.39, 0.29) is 11.2 Å². The summed E-state index contributed by atoms with van der Waals surface area (Å²) in [6.07, 6.45) is 3.77. The van der Waals surface area contributed by atoms with Gasteiger partial charge in [0.05, 0.1) is 12.8 Å². The third kappa shape index (κ3) is 2.53. The predicted octanol–water partition coefficient (Wildman–Crippen LogP) is 2.03. The molecule has 0 spiro atoms. The Morgan fingerprint density at radius 1 is 1.73 bits per heavy atom. The molecule has 1 saturated carbocycles. The number of nitrogens with zero attached hydrogens (tertiary/aromatic N) is 1. The van der Waals surface area contributed by atoms with Gasteiger partial charge in [-0.15, -0.1) is 0 Å². The zero-order valence-corrected chi connectivity index (χ0v) is 9.54. The number of methoxy groups -OCH3 is 1. The number of ether oxygens (including phenoxy) is 1. The molecule has 1 fully saturated rings. The summed E-state index contributed by atoms with van der Waals surface area (Å²) >= 11 is 1.36. The van der Waals surface area contributed by atoms with Crippen molar-refractivity contribution in [3.63, 3.8) is 0 Å². The van der Waals surface area contributed by atoms with Gasteiger partial charge < -0.3 is 9.15 Å². The quantitative estimate of drug-likeness (QED) is 0.582. The topological polar surface area (TPSA) is 52.3 Å². The largest absolute Gasteiger partial charge is 0.468 e. The third-order valence-electron chi connectivity index (χ3n) is 2.31. The summed E-state index contributed by atoms with van der Waals surface area (Å²) in [6.45, 7) is 1.86. The van der Waals surface area contributed by atoms with Gasteiger partial charge in [0.2, 0.25) is 0 Å². The Morgan fingerprint density at radius 3 is 2.93 bits per heavy atom. The van der Waals surface area contributed by atoms with E-state index < -0.39 is 0 Å². The molecule has 0 N–H and O–H groups in total. The van der Waals surface area contributed by atoms with Crippen molar-refractivity contribution in [2.24, 2.45) is 5.92 Å². The molecule has 2 rings (SSSR count). The number of rotatable bonds is 4. The summed E-state index contributed by atoms with van der Waals surface area (Å²) in [7, 11) is 1.42. The van der Waals surface area contributed by atoms with Crippen molar-refractivity contribution in [3.05, 3.63) is 12.0 Å².